The van der Waals surface area contributed by atoms with E-state index >= 15 is 0 Å². The molecule has 1 fully saturated rings. The first-order valence-electron chi connectivity index (χ1n) is 9.28. The number of hydrogen-bond acceptors (Lipinski definition) is 7. The molecule has 4 rings (SSSR count). The fourth-order valence-corrected chi connectivity index (χ4v) is 4.08. The zero-order valence-corrected chi connectivity index (χ0v) is 16.3. The molecule has 2 aromatic heterocycles. The van der Waals surface area contributed by atoms with Crippen molar-refractivity contribution in [2.75, 3.05) is 23.3 Å². The van der Waals surface area contributed by atoms with Crippen LogP contribution >= 0.6 is 11.3 Å². The van der Waals surface area contributed by atoms with Crippen LogP contribution in [0.15, 0.2) is 53.9 Å². The Labute approximate surface area is 171 Å². The van der Waals surface area contributed by atoms with Crippen molar-refractivity contribution in [3.05, 3.63) is 64.0 Å². The lowest BCUT2D eigenvalue weighted by Gasteiger charge is -2.32. The van der Waals surface area contributed by atoms with Crippen LogP contribution in [0.2, 0.25) is 0 Å². The van der Waals surface area contributed by atoms with Crippen LogP contribution in [0.3, 0.4) is 0 Å². The van der Waals surface area contributed by atoms with Gasteiger partial charge in [-0.15, -0.1) is 21.5 Å². The molecular weight excluding hydrogens is 390 g/mol. The number of carbonyl (C=O) groups is 1. The molecule has 0 saturated carbocycles. The molecule has 148 valence electrons. The van der Waals surface area contributed by atoms with Crippen molar-refractivity contribution in [1.29, 1.82) is 0 Å². The number of hydrogen-bond donors (Lipinski definition) is 1. The Hall–Kier alpha value is -3.33. The molecule has 29 heavy (non-hydrogen) atoms. The van der Waals surface area contributed by atoms with Crippen LogP contribution in [0.5, 0.6) is 0 Å². The van der Waals surface area contributed by atoms with Crippen molar-refractivity contribution < 1.29 is 9.72 Å². The van der Waals surface area contributed by atoms with E-state index in [-0.39, 0.29) is 17.5 Å². The lowest BCUT2D eigenvalue weighted by molar-refractivity contribution is -0.384. The van der Waals surface area contributed by atoms with Gasteiger partial charge >= 0.3 is 0 Å². The van der Waals surface area contributed by atoms with Gasteiger partial charge in [-0.2, -0.15) is 0 Å². The number of aromatic nitrogens is 2. The van der Waals surface area contributed by atoms with Crippen LogP contribution in [0.1, 0.15) is 12.8 Å². The highest BCUT2D eigenvalue weighted by atomic mass is 32.1. The summed E-state index contributed by atoms with van der Waals surface area (Å²) < 4.78 is 0. The second-order valence-electron chi connectivity index (χ2n) is 6.84. The third-order valence-corrected chi connectivity index (χ3v) is 5.76. The maximum absolute atomic E-state index is 12.7. The number of benzene rings is 1. The van der Waals surface area contributed by atoms with Gasteiger partial charge in [-0.05, 0) is 42.5 Å². The maximum Gasteiger partial charge on any atom is 0.271 e. The highest BCUT2D eigenvalue weighted by Crippen LogP contribution is 2.26. The van der Waals surface area contributed by atoms with Crippen molar-refractivity contribution >= 4 is 34.4 Å². The summed E-state index contributed by atoms with van der Waals surface area (Å²) >= 11 is 1.61. The summed E-state index contributed by atoms with van der Waals surface area (Å²) in [6.45, 7) is 1.35. The standard InChI is InChI=1S/C20H19N5O3S/c26-20(21-15-5-1-6-16(12-15)25(27)28)14-4-2-10-24(13-14)19-9-8-17(22-23-19)18-7-3-11-29-18/h1,3,5-9,11-12,14H,2,4,10,13H2,(H,21,26). The van der Waals surface area contributed by atoms with Gasteiger partial charge in [-0.3, -0.25) is 14.9 Å². The van der Waals surface area contributed by atoms with E-state index in [1.165, 1.54) is 12.1 Å². The Kier molecular flexibility index (Phi) is 5.48. The predicted molar refractivity (Wildman–Crippen MR) is 112 cm³/mol. The Bertz CT molecular complexity index is 1010. The summed E-state index contributed by atoms with van der Waals surface area (Å²) in [6.07, 6.45) is 1.62. The van der Waals surface area contributed by atoms with Crippen LogP contribution in [0.25, 0.3) is 10.6 Å². The number of nitro groups is 1. The third kappa shape index (κ3) is 4.40. The van der Waals surface area contributed by atoms with Gasteiger partial charge < -0.3 is 10.2 Å². The molecule has 0 bridgehead atoms. The van der Waals surface area contributed by atoms with Gasteiger partial charge in [0.1, 0.15) is 5.69 Å². The fraction of sp³-hybridized carbons (Fsp3) is 0.250. The largest absolute Gasteiger partial charge is 0.354 e. The summed E-state index contributed by atoms with van der Waals surface area (Å²) in [7, 11) is 0. The molecule has 9 heteroatoms. The number of non-ortho nitro benzene ring substituents is 1. The zero-order valence-electron chi connectivity index (χ0n) is 15.5. The number of rotatable bonds is 5. The number of amides is 1. The van der Waals surface area contributed by atoms with Crippen LogP contribution in [-0.4, -0.2) is 34.1 Å². The quantitative estimate of drug-likeness (QED) is 0.505. The number of carbonyl (C=O) groups excluding carboxylic acids is 1. The first-order chi connectivity index (χ1) is 14.1. The summed E-state index contributed by atoms with van der Waals surface area (Å²) in [6, 6.07) is 13.8. The monoisotopic (exact) mass is 409 g/mol. The molecular formula is C20H19N5O3S. The highest BCUT2D eigenvalue weighted by molar-refractivity contribution is 7.13. The fourth-order valence-electron chi connectivity index (χ4n) is 3.39. The van der Waals surface area contributed by atoms with Crippen LogP contribution in [0.4, 0.5) is 17.2 Å². The minimum absolute atomic E-state index is 0.0471. The predicted octanol–water partition coefficient (Wildman–Crippen LogP) is 3.97. The van der Waals surface area contributed by atoms with E-state index in [4.69, 9.17) is 0 Å². The molecule has 1 aliphatic heterocycles. The SMILES string of the molecule is O=C(Nc1cccc([N+](=O)[O-])c1)C1CCCN(c2ccc(-c3cccs3)nn2)C1. The van der Waals surface area contributed by atoms with E-state index in [2.05, 4.69) is 20.4 Å². The van der Waals surface area contributed by atoms with Crippen molar-refractivity contribution in [3.8, 4) is 10.6 Å². The van der Waals surface area contributed by atoms with Gasteiger partial charge in [0.05, 0.1) is 15.7 Å². The molecule has 3 heterocycles. The first-order valence-corrected chi connectivity index (χ1v) is 10.2. The molecule has 8 nitrogen and oxygen atoms in total. The average Bonchev–Trinajstić information content (AvgIpc) is 3.29. The van der Waals surface area contributed by atoms with E-state index in [9.17, 15) is 14.9 Å². The third-order valence-electron chi connectivity index (χ3n) is 4.86. The van der Waals surface area contributed by atoms with Gasteiger partial charge in [0.2, 0.25) is 5.91 Å². The topological polar surface area (TPSA) is 101 Å². The maximum atomic E-state index is 12.7. The molecule has 1 amide bonds. The number of nitrogens with zero attached hydrogens (tertiary/aromatic N) is 4. The highest BCUT2D eigenvalue weighted by Gasteiger charge is 2.27. The van der Waals surface area contributed by atoms with Gasteiger partial charge in [0.15, 0.2) is 5.82 Å². The van der Waals surface area contributed by atoms with Crippen LogP contribution in [-0.2, 0) is 4.79 Å². The van der Waals surface area contributed by atoms with E-state index in [1.54, 1.807) is 23.5 Å². The molecule has 1 saturated heterocycles. The normalized spacial score (nSPS) is 16.4. The summed E-state index contributed by atoms with van der Waals surface area (Å²) in [5.41, 5.74) is 1.22. The smallest absolute Gasteiger partial charge is 0.271 e. The lowest BCUT2D eigenvalue weighted by atomic mass is 9.97. The van der Waals surface area contributed by atoms with Crippen LogP contribution < -0.4 is 10.2 Å². The van der Waals surface area contributed by atoms with E-state index in [1.807, 2.05) is 29.6 Å². The number of piperidine rings is 1. The number of anilines is 2. The van der Waals surface area contributed by atoms with Crippen molar-refractivity contribution in [2.45, 2.75) is 12.8 Å². The molecule has 0 spiro atoms. The Morgan fingerprint density at radius 1 is 1.21 bits per heavy atom. The van der Waals surface area contributed by atoms with Crippen molar-refractivity contribution in [2.24, 2.45) is 5.92 Å². The molecule has 1 N–H and O–H groups in total. The molecule has 1 aromatic carbocycles. The minimum atomic E-state index is -0.476. The van der Waals surface area contributed by atoms with Gasteiger partial charge in [0, 0.05) is 30.9 Å². The molecule has 0 radical (unpaired) electrons. The Morgan fingerprint density at radius 3 is 2.83 bits per heavy atom. The van der Waals surface area contributed by atoms with E-state index in [0.717, 1.165) is 35.8 Å². The Balaban J connectivity index is 1.42. The summed E-state index contributed by atoms with van der Waals surface area (Å²) in [4.78, 5) is 26.3. The second-order valence-corrected chi connectivity index (χ2v) is 7.78. The minimum Gasteiger partial charge on any atom is -0.354 e. The van der Waals surface area contributed by atoms with Gasteiger partial charge in [-0.25, -0.2) is 0 Å². The van der Waals surface area contributed by atoms with E-state index in [0.29, 0.717) is 12.2 Å². The molecule has 1 aliphatic rings. The summed E-state index contributed by atoms with van der Waals surface area (Å²) in [5.74, 6) is 0.387. The van der Waals surface area contributed by atoms with E-state index < -0.39 is 4.92 Å². The number of thiophene rings is 1. The number of nitro benzene ring substituents is 1. The molecule has 3 aromatic rings. The summed E-state index contributed by atoms with van der Waals surface area (Å²) in [5, 5.41) is 24.4. The van der Waals surface area contributed by atoms with Crippen molar-refractivity contribution in [3.63, 3.8) is 0 Å². The molecule has 0 aliphatic carbocycles. The van der Waals surface area contributed by atoms with Gasteiger partial charge in [-0.1, -0.05) is 12.1 Å². The first kappa shape index (κ1) is 19.0. The molecule has 1 unspecified atom stereocenters. The number of nitrogens with one attached hydrogen (secondary N) is 1. The molecule has 1 atom stereocenters. The van der Waals surface area contributed by atoms with Crippen molar-refractivity contribution in [1.82, 2.24) is 10.2 Å². The second kappa shape index (κ2) is 8.36. The lowest BCUT2D eigenvalue weighted by Crippen LogP contribution is -2.41. The Morgan fingerprint density at radius 2 is 2.10 bits per heavy atom. The van der Waals surface area contributed by atoms with Gasteiger partial charge in [0.25, 0.3) is 5.69 Å². The van der Waals surface area contributed by atoms with Crippen LogP contribution in [0, 0.1) is 16.0 Å². The average molecular weight is 409 g/mol. The zero-order chi connectivity index (χ0) is 20.2.